The average Bonchev–Trinajstić information content (AvgIpc) is 2.99. The molecule has 0 fully saturated rings. The normalized spacial score (nSPS) is 10.1. The molecule has 0 aliphatic heterocycles. The Morgan fingerprint density at radius 2 is 1.43 bits per heavy atom. The van der Waals surface area contributed by atoms with E-state index in [1.165, 1.54) is 39.0 Å². The molecule has 0 bridgehead atoms. The maximum atomic E-state index is 12.1. The molecule has 2 aromatic rings. The van der Waals surface area contributed by atoms with Gasteiger partial charge in [-0.05, 0) is 47.7 Å². The van der Waals surface area contributed by atoms with Gasteiger partial charge in [0.05, 0.1) is 18.7 Å². The molecule has 0 aliphatic rings. The molecule has 0 heterocycles. The van der Waals surface area contributed by atoms with E-state index in [0.717, 1.165) is 22.4 Å². The van der Waals surface area contributed by atoms with Gasteiger partial charge in [0.15, 0.2) is 0 Å². The summed E-state index contributed by atoms with van der Waals surface area (Å²) in [5.74, 6) is 0.534. The summed E-state index contributed by atoms with van der Waals surface area (Å²) in [6.45, 7) is 20.2. The van der Waals surface area contributed by atoms with Gasteiger partial charge in [0.2, 0.25) is 5.91 Å². The highest BCUT2D eigenvalue weighted by Gasteiger charge is 2.22. The smallest absolute Gasteiger partial charge is 0.302 e. The number of ether oxygens (including phenoxy) is 2. The number of amides is 1. The Morgan fingerprint density at radius 3 is 1.77 bits per heavy atom. The second-order valence-electron chi connectivity index (χ2n) is 9.98. The molecule has 0 saturated heterocycles. The Kier molecular flexibility index (Phi) is 30.1. The summed E-state index contributed by atoms with van der Waals surface area (Å²) in [6, 6.07) is 9.53. The van der Waals surface area contributed by atoms with Gasteiger partial charge in [-0.1, -0.05) is 123 Å². The minimum atomic E-state index is -0.250. The molecule has 44 heavy (non-hydrogen) atoms. The van der Waals surface area contributed by atoms with Crippen molar-refractivity contribution in [1.82, 2.24) is 0 Å². The second kappa shape index (κ2) is 29.0. The van der Waals surface area contributed by atoms with E-state index < -0.39 is 0 Å². The summed E-state index contributed by atoms with van der Waals surface area (Å²) in [5, 5.41) is 11.2. The zero-order valence-corrected chi connectivity index (χ0v) is 30.3. The van der Waals surface area contributed by atoms with Crippen LogP contribution in [0.3, 0.4) is 0 Å². The summed E-state index contributed by atoms with van der Waals surface area (Å²) in [6.07, 6.45) is 7.13. The van der Waals surface area contributed by atoms with Crippen LogP contribution in [0.5, 0.6) is 5.75 Å². The van der Waals surface area contributed by atoms with E-state index in [1.807, 2.05) is 37.3 Å². The van der Waals surface area contributed by atoms with E-state index >= 15 is 0 Å². The maximum absolute atomic E-state index is 12.1. The number of nitrogens with one attached hydrogen (secondary N) is 1. The average molecular weight is 659 g/mol. The Hall–Kier alpha value is -2.77. The summed E-state index contributed by atoms with van der Waals surface area (Å²) < 4.78 is 9.74. The van der Waals surface area contributed by atoms with Crippen molar-refractivity contribution in [3.63, 3.8) is 0 Å². The number of rotatable bonds is 10. The Morgan fingerprint density at radius 1 is 0.909 bits per heavy atom. The number of methoxy groups -OCH3 is 1. The van der Waals surface area contributed by atoms with Crippen molar-refractivity contribution in [3.8, 4) is 5.75 Å². The zero-order chi connectivity index (χ0) is 34.7. The lowest BCUT2D eigenvalue weighted by atomic mass is 9.87. The highest BCUT2D eigenvalue weighted by molar-refractivity contribution is 6.33. The molecule has 9 heteroatoms. The quantitative estimate of drug-likeness (QED) is 0.195. The summed E-state index contributed by atoms with van der Waals surface area (Å²) in [7, 11) is 1.60. The van der Waals surface area contributed by atoms with E-state index in [0.29, 0.717) is 28.8 Å². The molecule has 0 spiro atoms. The van der Waals surface area contributed by atoms with E-state index in [2.05, 4.69) is 58.5 Å². The molecule has 7 nitrogen and oxygen atoms in total. The molecule has 0 aliphatic carbocycles. The highest BCUT2D eigenvalue weighted by Crippen LogP contribution is 2.41. The molecular weight excluding hydrogens is 601 g/mol. The molecule has 0 radical (unpaired) electrons. The molecule has 2 N–H and O–H groups in total. The van der Waals surface area contributed by atoms with Gasteiger partial charge in [-0.2, -0.15) is 0 Å². The first-order valence-corrected chi connectivity index (χ1v) is 16.2. The highest BCUT2D eigenvalue weighted by atomic mass is 35.5. The predicted octanol–water partition coefficient (Wildman–Crippen LogP) is 10.9. The van der Waals surface area contributed by atoms with Gasteiger partial charge < -0.3 is 19.9 Å². The molecular formula is C35H57Cl2NO6. The third kappa shape index (κ3) is 20.2. The molecule has 0 aromatic heterocycles. The fourth-order valence-electron chi connectivity index (χ4n) is 3.56. The number of unbranched alkanes of at least 4 members (excludes halogenated alkanes) is 3. The zero-order valence-electron chi connectivity index (χ0n) is 28.8. The standard InChI is InChI=1S/C21H25Cl2NO2.C5H12.C4H8O2.C4H10.CH2O2/c1-6-19(25)24-21-16(12(2)3)10-14(22)11-17(21)13(4)15-8-7-9-18(26-5)20(15)23;1-3-5-4-2;1-3-6-4(2)5;1-3-4-2;2-1-3/h7-13H,6H2,1-5H3,(H,24,25);3-5H2,1-2H3;3H2,1-2H3;3-4H2,1-2H3;1H,(H,2,3)/t13-;;;;/m1..../s1. The summed E-state index contributed by atoms with van der Waals surface area (Å²) in [5.41, 5.74) is 3.70. The van der Waals surface area contributed by atoms with Crippen molar-refractivity contribution >= 4 is 47.2 Å². The van der Waals surface area contributed by atoms with Crippen LogP contribution in [0.25, 0.3) is 0 Å². The van der Waals surface area contributed by atoms with Gasteiger partial charge >= 0.3 is 5.97 Å². The van der Waals surface area contributed by atoms with Crippen LogP contribution in [-0.4, -0.2) is 37.2 Å². The van der Waals surface area contributed by atoms with Crippen LogP contribution in [0.2, 0.25) is 10.0 Å². The van der Waals surface area contributed by atoms with E-state index in [1.54, 1.807) is 14.0 Å². The first-order chi connectivity index (χ1) is 20.8. The fraction of sp³-hybridized carbons (Fsp3) is 0.571. The van der Waals surface area contributed by atoms with E-state index in [9.17, 15) is 9.59 Å². The third-order valence-corrected chi connectivity index (χ3v) is 6.70. The number of hydrogen-bond acceptors (Lipinski definition) is 5. The summed E-state index contributed by atoms with van der Waals surface area (Å²) >= 11 is 12.9. The van der Waals surface area contributed by atoms with Crippen molar-refractivity contribution in [2.24, 2.45) is 0 Å². The van der Waals surface area contributed by atoms with E-state index in [-0.39, 0.29) is 30.2 Å². The predicted molar refractivity (Wildman–Crippen MR) is 187 cm³/mol. The number of benzene rings is 2. The SMILES string of the molecule is CCC(=O)Nc1c(C(C)C)cc(Cl)cc1[C@H](C)c1cccc(OC)c1Cl.CCCC.CCCCC.CCOC(C)=O.O=CO. The molecule has 252 valence electrons. The van der Waals surface area contributed by atoms with Crippen molar-refractivity contribution in [2.45, 2.75) is 120 Å². The van der Waals surface area contributed by atoms with Crippen LogP contribution < -0.4 is 10.1 Å². The number of hydrogen-bond donors (Lipinski definition) is 2. The van der Waals surface area contributed by atoms with Crippen LogP contribution in [-0.2, 0) is 19.1 Å². The Labute approximate surface area is 277 Å². The monoisotopic (exact) mass is 657 g/mol. The molecule has 2 aromatic carbocycles. The number of carboxylic acid groups (broad SMARTS) is 1. The first kappa shape index (κ1) is 45.7. The van der Waals surface area contributed by atoms with Crippen LogP contribution in [0, 0.1) is 0 Å². The number of halogens is 2. The minimum absolute atomic E-state index is 0.0283. The molecule has 1 amide bonds. The number of carbonyl (C=O) groups is 3. The van der Waals surface area contributed by atoms with Crippen LogP contribution >= 0.6 is 23.2 Å². The van der Waals surface area contributed by atoms with Crippen molar-refractivity contribution in [2.75, 3.05) is 19.0 Å². The van der Waals surface area contributed by atoms with Gasteiger partial charge in [0.1, 0.15) is 5.75 Å². The number of anilines is 1. The summed E-state index contributed by atoms with van der Waals surface area (Å²) in [4.78, 5) is 30.3. The fourth-order valence-corrected chi connectivity index (χ4v) is 4.16. The van der Waals surface area contributed by atoms with Gasteiger partial charge in [0, 0.05) is 30.0 Å². The molecule has 0 saturated carbocycles. The Balaban J connectivity index is -0.000000762. The largest absolute Gasteiger partial charge is 0.495 e. The van der Waals surface area contributed by atoms with Gasteiger partial charge in [-0.25, -0.2) is 0 Å². The van der Waals surface area contributed by atoms with Gasteiger partial charge in [-0.15, -0.1) is 0 Å². The lowest BCUT2D eigenvalue weighted by Crippen LogP contribution is -2.15. The van der Waals surface area contributed by atoms with Crippen LogP contribution in [0.4, 0.5) is 5.69 Å². The van der Waals surface area contributed by atoms with Crippen LogP contribution in [0.15, 0.2) is 30.3 Å². The Bertz CT molecular complexity index is 1060. The minimum Gasteiger partial charge on any atom is -0.495 e. The van der Waals surface area contributed by atoms with Gasteiger partial charge in [0.25, 0.3) is 6.47 Å². The van der Waals surface area contributed by atoms with Crippen molar-refractivity contribution < 1.29 is 29.0 Å². The van der Waals surface area contributed by atoms with E-state index in [4.69, 9.17) is 37.8 Å². The van der Waals surface area contributed by atoms with Gasteiger partial charge in [-0.3, -0.25) is 14.4 Å². The third-order valence-electron chi connectivity index (χ3n) is 6.07. The molecule has 1 atom stereocenters. The van der Waals surface area contributed by atoms with Crippen LogP contribution in [0.1, 0.15) is 136 Å². The molecule has 0 unspecified atom stereocenters. The lowest BCUT2D eigenvalue weighted by Gasteiger charge is -2.24. The van der Waals surface area contributed by atoms with Crippen molar-refractivity contribution in [3.05, 3.63) is 57.1 Å². The topological polar surface area (TPSA) is 102 Å². The molecule has 2 rings (SSSR count). The first-order valence-electron chi connectivity index (χ1n) is 15.5. The number of esters is 1. The van der Waals surface area contributed by atoms with Crippen molar-refractivity contribution in [1.29, 1.82) is 0 Å². The second-order valence-corrected chi connectivity index (χ2v) is 10.8. The number of carbonyl (C=O) groups excluding carboxylic acids is 2. The maximum Gasteiger partial charge on any atom is 0.302 e. The lowest BCUT2D eigenvalue weighted by molar-refractivity contribution is -0.140.